The largest absolute Gasteiger partial charge is 0.493 e. The molecule has 704 valence electrons. The van der Waals surface area contributed by atoms with Crippen LogP contribution in [-0.2, 0) is 63.8 Å². The van der Waals surface area contributed by atoms with Gasteiger partial charge in [-0.3, -0.25) is 38.8 Å². The van der Waals surface area contributed by atoms with Gasteiger partial charge in [0, 0.05) is 151 Å². The Labute approximate surface area is 788 Å². The maximum atomic E-state index is 13.1. The Morgan fingerprint density at radius 2 is 0.645 bits per heavy atom. The summed E-state index contributed by atoms with van der Waals surface area (Å²) in [5.41, 5.74) is 25.3. The Morgan fingerprint density at radius 3 is 1.04 bits per heavy atom. The van der Waals surface area contributed by atoms with Gasteiger partial charge in [-0.2, -0.15) is 0 Å². The van der Waals surface area contributed by atoms with Gasteiger partial charge in [-0.25, -0.2) is 0 Å². The van der Waals surface area contributed by atoms with E-state index in [0.29, 0.717) is 23.3 Å². The molecule has 0 saturated carbocycles. The summed E-state index contributed by atoms with van der Waals surface area (Å²) < 4.78 is 331. The van der Waals surface area contributed by atoms with Crippen molar-refractivity contribution in [2.24, 2.45) is 93.9 Å². The number of nitrogens with two attached hydrogens (primary N) is 4. The number of benzene rings is 4. The van der Waals surface area contributed by atoms with Crippen LogP contribution in [0.3, 0.4) is 0 Å². The Balaban J connectivity index is 0.000000355. The van der Waals surface area contributed by atoms with E-state index in [0.717, 1.165) is 9.80 Å². The summed E-state index contributed by atoms with van der Waals surface area (Å²) in [6, 6.07) is -10.7. The topological polar surface area (TPSA) is 296 Å². The normalized spacial score (nSPS) is 35.7. The van der Waals surface area contributed by atoms with Crippen molar-refractivity contribution in [2.75, 3.05) is 109 Å². The van der Waals surface area contributed by atoms with Gasteiger partial charge in [0.1, 0.15) is 48.5 Å². The Bertz CT molecular complexity index is 5590. The molecule has 8 heterocycles. The zero-order valence-electron chi connectivity index (χ0n) is 104. The van der Waals surface area contributed by atoms with E-state index in [1.165, 1.54) is 72.7 Å². The average molecular weight is 1770 g/mol. The van der Waals surface area contributed by atoms with Crippen molar-refractivity contribution in [3.05, 3.63) is 92.9 Å². The highest BCUT2D eigenvalue weighted by atomic mass is 16.6. The number of fused-ring (bicyclic) bond motifs is 12. The van der Waals surface area contributed by atoms with Crippen molar-refractivity contribution in [3.63, 3.8) is 0 Å². The van der Waals surface area contributed by atoms with Gasteiger partial charge < -0.3 is 79.8 Å². The Kier molecular flexibility index (Phi) is 27.5. The van der Waals surface area contributed by atoms with Gasteiger partial charge in [0.05, 0.1) is 70.6 Å². The van der Waals surface area contributed by atoms with Crippen molar-refractivity contribution < 1.29 is 116 Å². The second-order valence-electron chi connectivity index (χ2n) is 33.9. The number of esters is 4. The van der Waals surface area contributed by atoms with E-state index < -0.39 is 184 Å². The molecule has 24 nitrogen and oxygen atoms in total. The number of carbonyl (C=O) groups excluding carboxylic acids is 4. The lowest BCUT2D eigenvalue weighted by Gasteiger charge is -2.47. The number of piperidine rings is 4. The fraction of sp³-hybridized carbons (Fsp3) is 0.720. The van der Waals surface area contributed by atoms with Crippen LogP contribution >= 0.6 is 0 Å². The van der Waals surface area contributed by atoms with Crippen LogP contribution in [0.2, 0.25) is 0 Å². The van der Waals surface area contributed by atoms with Gasteiger partial charge >= 0.3 is 23.9 Å². The zero-order chi connectivity index (χ0) is 114. The minimum Gasteiger partial charge on any atom is -0.493 e. The van der Waals surface area contributed by atoms with Crippen LogP contribution in [-0.4, -0.2) is 201 Å². The van der Waals surface area contributed by atoms with Gasteiger partial charge in [0.25, 0.3) is 0 Å². The van der Waals surface area contributed by atoms with Crippen LogP contribution in [0.1, 0.15) is 300 Å². The third kappa shape index (κ3) is 26.5. The van der Waals surface area contributed by atoms with Crippen molar-refractivity contribution in [1.29, 1.82) is 0 Å². The lowest BCUT2D eigenvalue weighted by atomic mass is 9.79. The highest BCUT2D eigenvalue weighted by Gasteiger charge is 2.48. The third-order valence-corrected chi connectivity index (χ3v) is 21.3. The molecular weight excluding hydrogens is 1570 g/mol. The summed E-state index contributed by atoms with van der Waals surface area (Å²) in [6.45, 7) is 16.8. The molecule has 4 saturated heterocycles. The van der Waals surface area contributed by atoms with E-state index in [4.69, 9.17) is 99.0 Å². The first-order valence-corrected chi connectivity index (χ1v) is 41.6. The number of ether oxygens (including phenoxy) is 12. The number of rotatable bonds is 28. The molecule has 4 fully saturated rings. The maximum Gasteiger partial charge on any atom is 0.323 e. The lowest BCUT2D eigenvalue weighted by Crippen LogP contribution is -2.51. The molecule has 0 bridgehead atoms. The standard InChI is InChI=1S/4C24H38N2O4.4CH4/c4*1-14(2)9-17-13-26-8-7-16-10-21(28-5)22(29-6)11-18(16)19(26)12-20(17)30-24(27)23(25)15(3)4;;;;/h4*10-11,14-15,17,19-20,23H,7-9,12-13,25H2,1-6H3;4*1H4/t4*17?,19?,20?,23-;;;;/m0000..../s1/i10D,11D,12D2,13D2,17D,20D;10D,11D,12D2,13D2,17D,19D;12D,13D2,17D,19D,20D;10D,11D,12D2,13D2,17D;;;;/t2m;12?,17?,19?,20?,23-;m;;;;. The molecule has 0 radical (unpaired) electrons. The molecule has 13 unspecified atom stereocenters. The minimum atomic E-state index is -3.07. The molecule has 4 aromatic carbocycles. The minimum absolute atomic E-state index is 0. The molecule has 4 aromatic rings. The van der Waals surface area contributed by atoms with Crippen LogP contribution in [0.25, 0.3) is 0 Å². The van der Waals surface area contributed by atoms with Gasteiger partial charge in [-0.05, 0) is 192 Å². The first kappa shape index (κ1) is 69.8. The predicted molar refractivity (Wildman–Crippen MR) is 498 cm³/mol. The zero-order valence-corrected chi connectivity index (χ0v) is 74.6. The van der Waals surface area contributed by atoms with Crippen molar-refractivity contribution in [3.8, 4) is 46.0 Å². The number of methoxy groups -OCH3 is 8. The van der Waals surface area contributed by atoms with E-state index in [1.54, 1.807) is 117 Å². The monoisotopic (exact) mass is 1770 g/mol. The summed E-state index contributed by atoms with van der Waals surface area (Å²) in [6.07, 6.45) is -20.1. The highest BCUT2D eigenvalue weighted by Crippen LogP contribution is 2.50. The van der Waals surface area contributed by atoms with Gasteiger partial charge in [-0.15, -0.1) is 0 Å². The fourth-order valence-electron chi connectivity index (χ4n) is 14.4. The first-order chi connectivity index (χ1) is 68.2. The molecule has 12 rings (SSSR count). The molecule has 0 aliphatic carbocycles. The van der Waals surface area contributed by atoms with Crippen LogP contribution in [0, 0.1) is 70.9 Å². The highest BCUT2D eigenvalue weighted by molar-refractivity contribution is 5.77. The molecule has 8 aliphatic heterocycles. The predicted octanol–water partition coefficient (Wildman–Crippen LogP) is 16.8. The maximum absolute atomic E-state index is 13.1. The third-order valence-electron chi connectivity index (χ3n) is 21.3. The number of nitrogens with zero attached hydrogens (tertiary/aromatic N) is 4. The van der Waals surface area contributed by atoms with Crippen molar-refractivity contribution >= 4 is 23.9 Å². The van der Waals surface area contributed by atoms with E-state index >= 15 is 0 Å². The van der Waals surface area contributed by atoms with E-state index in [2.05, 4.69) is 0 Å². The fourth-order valence-corrected chi connectivity index (χ4v) is 14.4. The van der Waals surface area contributed by atoms with Crippen LogP contribution < -0.4 is 60.8 Å². The van der Waals surface area contributed by atoms with Crippen molar-refractivity contribution in [1.82, 2.24) is 19.6 Å². The number of carbonyl (C=O) groups is 4. The van der Waals surface area contributed by atoms with Gasteiger partial charge in [0.2, 0.25) is 0 Å². The summed E-state index contributed by atoms with van der Waals surface area (Å²) in [4.78, 5) is 56.6. The first-order valence-electron chi connectivity index (χ1n) is 56.2. The summed E-state index contributed by atoms with van der Waals surface area (Å²) >= 11 is 0. The van der Waals surface area contributed by atoms with Gasteiger partial charge in [0.15, 0.2) is 46.0 Å². The van der Waals surface area contributed by atoms with Crippen LogP contribution in [0.15, 0.2) is 48.4 Å². The molecule has 17 atom stereocenters. The van der Waals surface area contributed by atoms with E-state index in [9.17, 15) is 39.7 Å². The molecule has 0 spiro atoms. The molecule has 8 N–H and O–H groups in total. The second kappa shape index (κ2) is 48.9. The Hall–Kier alpha value is -7.16. The second-order valence-corrected chi connectivity index (χ2v) is 33.9. The Morgan fingerprint density at radius 1 is 0.355 bits per heavy atom. The number of hydrogen-bond donors (Lipinski definition) is 4. The van der Waals surface area contributed by atoms with E-state index in [-0.39, 0.29) is 246 Å². The summed E-state index contributed by atoms with van der Waals surface area (Å²) in [7, 11) is 10.7. The SMILES string of the molecule is C.C.C.C.[2H]C1C2([2H])c3cc(OC)c(OC)cc3CCN2C([2H])([2H])C([2H])(CC(C)C)C1([2H])OC(=O)[C@@H](N)C(C)C.[2H]c1c2c(c([2H])c(OC)c1OC)C1([2H])N(CC2)C([2H])([2H])C([2H])(CC(C)C)C(OC(=O)[C@@H](N)C(C)C)C1([2H])[2H].[2H]c1c2c(c([2H])c(OC)c1OC)C1N(CC2)C([2H])([2H])C([2H])(CC(C)C)C(OC(=O)[C@@H](N)C(C)C)C1([2H])[2H].[2H]c1c2c(c([2H])c(OC)c1OC)C1N(CC2)C([2H])([2H])C([2H])(CC(C)C)C([2H])(OC(=O)[C@@H](N)C(C)C)C1([2H])[2H]. The quantitative estimate of drug-likeness (QED) is 0.0303. The summed E-state index contributed by atoms with van der Waals surface area (Å²) in [5, 5.41) is 0. The smallest absolute Gasteiger partial charge is 0.323 e. The average Bonchev–Trinajstić information content (AvgIpc) is 0.666. The summed E-state index contributed by atoms with van der Waals surface area (Å²) in [5.74, 6) is -15.8. The molecule has 24 heteroatoms. The molecule has 0 aromatic heterocycles. The molecule has 8 aliphatic rings. The molecular formula is C100H168N8O16. The van der Waals surface area contributed by atoms with Crippen molar-refractivity contribution in [2.45, 2.75) is 290 Å². The van der Waals surface area contributed by atoms with E-state index in [1.807, 2.05) is 0 Å². The number of hydrogen-bond acceptors (Lipinski definition) is 24. The van der Waals surface area contributed by atoms with Gasteiger partial charge in [-0.1, -0.05) is 140 Å². The molecule has 124 heavy (non-hydrogen) atoms. The molecule has 0 amide bonds. The lowest BCUT2D eigenvalue weighted by molar-refractivity contribution is -0.161. The van der Waals surface area contributed by atoms with Crippen LogP contribution in [0.4, 0.5) is 0 Å². The van der Waals surface area contributed by atoms with Crippen LogP contribution in [0.5, 0.6) is 46.0 Å².